The summed E-state index contributed by atoms with van der Waals surface area (Å²) in [6.07, 6.45) is 8.17. The number of ether oxygens (including phenoxy) is 1. The normalized spacial score (nSPS) is 18.8. The molecular weight excluding hydrogens is 240 g/mol. The second kappa shape index (κ2) is 6.39. The SMILES string of the molecule is COc1cnn(C(C)C)c1C(NN)C1CCCCC1. The number of nitrogens with zero attached hydrogens (tertiary/aromatic N) is 2. The molecule has 1 aliphatic rings. The highest BCUT2D eigenvalue weighted by Gasteiger charge is 2.30. The number of aromatic nitrogens is 2. The summed E-state index contributed by atoms with van der Waals surface area (Å²) in [5.41, 5.74) is 4.09. The molecule has 5 nitrogen and oxygen atoms in total. The molecule has 3 N–H and O–H groups in total. The van der Waals surface area contributed by atoms with Crippen molar-refractivity contribution in [2.45, 2.75) is 58.0 Å². The molecule has 19 heavy (non-hydrogen) atoms. The molecule has 1 aromatic rings. The fourth-order valence-corrected chi connectivity index (χ4v) is 3.13. The van der Waals surface area contributed by atoms with Gasteiger partial charge in [-0.25, -0.2) is 0 Å². The third-order valence-electron chi connectivity index (χ3n) is 4.10. The van der Waals surface area contributed by atoms with E-state index in [0.717, 1.165) is 11.4 Å². The molecule has 1 saturated carbocycles. The lowest BCUT2D eigenvalue weighted by Crippen LogP contribution is -2.36. The molecule has 0 radical (unpaired) electrons. The summed E-state index contributed by atoms with van der Waals surface area (Å²) >= 11 is 0. The molecule has 0 bridgehead atoms. The van der Waals surface area contributed by atoms with Gasteiger partial charge in [-0.15, -0.1) is 0 Å². The van der Waals surface area contributed by atoms with Crippen LogP contribution in [0.4, 0.5) is 0 Å². The van der Waals surface area contributed by atoms with Crippen molar-refractivity contribution in [3.05, 3.63) is 11.9 Å². The van der Waals surface area contributed by atoms with E-state index in [0.29, 0.717) is 12.0 Å². The van der Waals surface area contributed by atoms with Crippen molar-refractivity contribution in [1.82, 2.24) is 15.2 Å². The van der Waals surface area contributed by atoms with Crippen LogP contribution in [0.5, 0.6) is 5.75 Å². The van der Waals surface area contributed by atoms with Crippen LogP contribution >= 0.6 is 0 Å². The van der Waals surface area contributed by atoms with Crippen LogP contribution in [0.3, 0.4) is 0 Å². The van der Waals surface area contributed by atoms with E-state index in [1.807, 2.05) is 4.68 Å². The van der Waals surface area contributed by atoms with Crippen molar-refractivity contribution in [2.24, 2.45) is 11.8 Å². The van der Waals surface area contributed by atoms with Crippen molar-refractivity contribution in [1.29, 1.82) is 0 Å². The topological polar surface area (TPSA) is 65.1 Å². The maximum atomic E-state index is 5.84. The Morgan fingerprint density at radius 1 is 1.37 bits per heavy atom. The summed E-state index contributed by atoms with van der Waals surface area (Å²) in [6.45, 7) is 4.26. The second-order valence-electron chi connectivity index (χ2n) is 5.68. The summed E-state index contributed by atoms with van der Waals surface area (Å²) in [4.78, 5) is 0. The van der Waals surface area contributed by atoms with E-state index in [1.54, 1.807) is 13.3 Å². The number of hydrazine groups is 1. The fraction of sp³-hybridized carbons (Fsp3) is 0.786. The number of nitrogens with two attached hydrogens (primary N) is 1. The molecule has 1 fully saturated rings. The Morgan fingerprint density at radius 3 is 2.58 bits per heavy atom. The summed E-state index contributed by atoms with van der Waals surface area (Å²) in [5.74, 6) is 7.25. The van der Waals surface area contributed by atoms with Gasteiger partial charge in [0, 0.05) is 6.04 Å². The Hall–Kier alpha value is -1.07. The largest absolute Gasteiger partial charge is 0.493 e. The average Bonchev–Trinajstić information content (AvgIpc) is 2.85. The van der Waals surface area contributed by atoms with Gasteiger partial charge in [-0.1, -0.05) is 19.3 Å². The molecule has 1 heterocycles. The first-order chi connectivity index (χ1) is 9.19. The summed E-state index contributed by atoms with van der Waals surface area (Å²) in [5, 5.41) is 4.45. The maximum absolute atomic E-state index is 5.84. The van der Waals surface area contributed by atoms with Gasteiger partial charge in [0.15, 0.2) is 5.75 Å². The van der Waals surface area contributed by atoms with Crippen molar-refractivity contribution < 1.29 is 4.74 Å². The minimum atomic E-state index is 0.125. The van der Waals surface area contributed by atoms with Crippen molar-refractivity contribution in [2.75, 3.05) is 7.11 Å². The molecule has 0 spiro atoms. The number of rotatable bonds is 5. The zero-order valence-corrected chi connectivity index (χ0v) is 12.2. The third-order valence-corrected chi connectivity index (χ3v) is 4.10. The van der Waals surface area contributed by atoms with Gasteiger partial charge in [0.2, 0.25) is 0 Å². The van der Waals surface area contributed by atoms with E-state index in [1.165, 1.54) is 32.1 Å². The minimum Gasteiger partial charge on any atom is -0.493 e. The van der Waals surface area contributed by atoms with E-state index in [2.05, 4.69) is 24.4 Å². The Bertz CT molecular complexity index is 396. The Morgan fingerprint density at radius 2 is 2.05 bits per heavy atom. The van der Waals surface area contributed by atoms with Gasteiger partial charge >= 0.3 is 0 Å². The first kappa shape index (κ1) is 14.3. The van der Waals surface area contributed by atoms with Gasteiger partial charge in [-0.3, -0.25) is 16.0 Å². The van der Waals surface area contributed by atoms with E-state index in [4.69, 9.17) is 10.6 Å². The smallest absolute Gasteiger partial charge is 0.161 e. The molecule has 0 aliphatic heterocycles. The van der Waals surface area contributed by atoms with Crippen LogP contribution in [0.2, 0.25) is 0 Å². The maximum Gasteiger partial charge on any atom is 0.161 e. The molecular formula is C14H26N4O. The Kier molecular flexibility index (Phi) is 4.82. The van der Waals surface area contributed by atoms with Crippen LogP contribution in [0.25, 0.3) is 0 Å². The van der Waals surface area contributed by atoms with Gasteiger partial charge in [-0.2, -0.15) is 5.10 Å². The van der Waals surface area contributed by atoms with Gasteiger partial charge in [-0.05, 0) is 32.6 Å². The first-order valence-corrected chi connectivity index (χ1v) is 7.26. The number of nitrogens with one attached hydrogen (secondary N) is 1. The van der Waals surface area contributed by atoms with Crippen LogP contribution in [0, 0.1) is 5.92 Å². The van der Waals surface area contributed by atoms with E-state index < -0.39 is 0 Å². The molecule has 0 aromatic carbocycles. The van der Waals surface area contributed by atoms with Gasteiger partial charge in [0.25, 0.3) is 0 Å². The lowest BCUT2D eigenvalue weighted by atomic mass is 9.82. The monoisotopic (exact) mass is 266 g/mol. The molecule has 0 amide bonds. The zero-order valence-electron chi connectivity index (χ0n) is 12.2. The van der Waals surface area contributed by atoms with Crippen LogP contribution in [0.15, 0.2) is 6.20 Å². The molecule has 1 atom stereocenters. The lowest BCUT2D eigenvalue weighted by Gasteiger charge is -2.31. The predicted molar refractivity (Wildman–Crippen MR) is 75.8 cm³/mol. The zero-order chi connectivity index (χ0) is 13.8. The van der Waals surface area contributed by atoms with Crippen LogP contribution < -0.4 is 16.0 Å². The second-order valence-corrected chi connectivity index (χ2v) is 5.68. The molecule has 1 aliphatic carbocycles. The Balaban J connectivity index is 2.32. The van der Waals surface area contributed by atoms with Crippen LogP contribution in [-0.4, -0.2) is 16.9 Å². The van der Waals surface area contributed by atoms with Crippen molar-refractivity contribution in [3.63, 3.8) is 0 Å². The Labute approximate surface area is 115 Å². The highest BCUT2D eigenvalue weighted by atomic mass is 16.5. The molecule has 108 valence electrons. The number of hydrogen-bond acceptors (Lipinski definition) is 4. The van der Waals surface area contributed by atoms with Gasteiger partial charge < -0.3 is 4.74 Å². The summed E-state index contributed by atoms with van der Waals surface area (Å²) in [6, 6.07) is 0.429. The van der Waals surface area contributed by atoms with E-state index >= 15 is 0 Å². The molecule has 1 unspecified atom stereocenters. The molecule has 0 saturated heterocycles. The minimum absolute atomic E-state index is 0.125. The lowest BCUT2D eigenvalue weighted by molar-refractivity contribution is 0.253. The van der Waals surface area contributed by atoms with Crippen molar-refractivity contribution in [3.8, 4) is 5.75 Å². The van der Waals surface area contributed by atoms with E-state index in [9.17, 15) is 0 Å². The molecule has 1 aromatic heterocycles. The van der Waals surface area contributed by atoms with Crippen LogP contribution in [-0.2, 0) is 0 Å². The summed E-state index contributed by atoms with van der Waals surface area (Å²) in [7, 11) is 1.69. The number of hydrogen-bond donors (Lipinski definition) is 2. The van der Waals surface area contributed by atoms with Crippen LogP contribution in [0.1, 0.15) is 63.7 Å². The predicted octanol–water partition coefficient (Wildman–Crippen LogP) is 2.56. The molecule has 5 heteroatoms. The number of methoxy groups -OCH3 is 1. The quantitative estimate of drug-likeness (QED) is 0.635. The average molecular weight is 266 g/mol. The van der Waals surface area contributed by atoms with Gasteiger partial charge in [0.05, 0.1) is 25.0 Å². The highest BCUT2D eigenvalue weighted by molar-refractivity contribution is 5.29. The van der Waals surface area contributed by atoms with Gasteiger partial charge in [0.1, 0.15) is 0 Å². The van der Waals surface area contributed by atoms with E-state index in [-0.39, 0.29) is 6.04 Å². The first-order valence-electron chi connectivity index (χ1n) is 7.26. The molecule has 2 rings (SSSR count). The third kappa shape index (κ3) is 2.92. The van der Waals surface area contributed by atoms with Crippen molar-refractivity contribution >= 4 is 0 Å². The standard InChI is InChI=1S/C14H26N4O/c1-10(2)18-14(12(19-3)9-16-18)13(17-15)11-7-5-4-6-8-11/h9-11,13,17H,4-8,15H2,1-3H3. The highest BCUT2D eigenvalue weighted by Crippen LogP contribution is 2.38. The summed E-state index contributed by atoms with van der Waals surface area (Å²) < 4.78 is 7.50. The fourth-order valence-electron chi connectivity index (χ4n) is 3.13.